The van der Waals surface area contributed by atoms with Crippen molar-refractivity contribution in [3.63, 3.8) is 0 Å². The summed E-state index contributed by atoms with van der Waals surface area (Å²) in [5, 5.41) is 5.63. The predicted octanol–water partition coefficient (Wildman–Crippen LogP) is 4.08. The number of allylic oxidation sites excluding steroid dienone is 1. The lowest BCUT2D eigenvalue weighted by atomic mass is 9.91. The summed E-state index contributed by atoms with van der Waals surface area (Å²) >= 11 is 0. The molecule has 1 aliphatic rings. The minimum absolute atomic E-state index is 0.0319. The number of para-hydroxylation sites is 1. The van der Waals surface area contributed by atoms with Gasteiger partial charge in [-0.05, 0) is 25.3 Å². The smallest absolute Gasteiger partial charge is 0.338 e. The number of amides is 2. The quantitative estimate of drug-likeness (QED) is 0.504. The van der Waals surface area contributed by atoms with E-state index < -0.39 is 12.0 Å². The molecule has 0 fully saturated rings. The summed E-state index contributed by atoms with van der Waals surface area (Å²) in [6, 6.07) is 6.56. The van der Waals surface area contributed by atoms with Gasteiger partial charge in [-0.1, -0.05) is 51.8 Å². The minimum atomic E-state index is -0.613. The third-order valence-corrected chi connectivity index (χ3v) is 4.41. The number of unbranched alkanes of at least 4 members (excludes halogenated alkanes) is 2. The Labute approximate surface area is 161 Å². The fourth-order valence-corrected chi connectivity index (χ4v) is 3.09. The van der Waals surface area contributed by atoms with E-state index in [9.17, 15) is 9.59 Å². The standard InChI is InChI=1S/C21H30N2O4/c1-5-7-10-13-27-16-12-9-8-11-15(16)19-17(20(24)26-6-2)18(14(3)4)22-21(25)23-19/h8-9,11-12,14,19H,5-7,10,13H2,1-4H3,(H2,22,23,25). The van der Waals surface area contributed by atoms with Crippen LogP contribution in [-0.4, -0.2) is 25.2 Å². The van der Waals surface area contributed by atoms with Gasteiger partial charge in [0.2, 0.25) is 0 Å². The molecule has 0 spiro atoms. The first-order valence-electron chi connectivity index (χ1n) is 9.69. The Balaban J connectivity index is 2.43. The van der Waals surface area contributed by atoms with Crippen LogP contribution < -0.4 is 15.4 Å². The minimum Gasteiger partial charge on any atom is -0.493 e. The van der Waals surface area contributed by atoms with E-state index in [0.29, 0.717) is 23.6 Å². The van der Waals surface area contributed by atoms with Crippen LogP contribution in [0.5, 0.6) is 5.75 Å². The first-order chi connectivity index (χ1) is 13.0. The van der Waals surface area contributed by atoms with Crippen LogP contribution in [0.4, 0.5) is 4.79 Å². The van der Waals surface area contributed by atoms with Gasteiger partial charge in [0.05, 0.1) is 24.8 Å². The van der Waals surface area contributed by atoms with E-state index in [2.05, 4.69) is 17.6 Å². The van der Waals surface area contributed by atoms with Crippen LogP contribution in [0.1, 0.15) is 58.6 Å². The highest BCUT2D eigenvalue weighted by molar-refractivity contribution is 5.95. The number of carbonyl (C=O) groups is 2. The molecule has 27 heavy (non-hydrogen) atoms. The van der Waals surface area contributed by atoms with Gasteiger partial charge in [-0.25, -0.2) is 9.59 Å². The molecule has 2 N–H and O–H groups in total. The molecule has 148 valence electrons. The molecule has 2 rings (SSSR count). The summed E-state index contributed by atoms with van der Waals surface area (Å²) in [5.74, 6) is 0.209. The van der Waals surface area contributed by atoms with Gasteiger partial charge in [0.25, 0.3) is 0 Å². The zero-order valence-electron chi connectivity index (χ0n) is 16.6. The Morgan fingerprint density at radius 3 is 2.59 bits per heavy atom. The Kier molecular flexibility index (Phi) is 7.70. The summed E-state index contributed by atoms with van der Waals surface area (Å²) in [6.45, 7) is 8.64. The van der Waals surface area contributed by atoms with Crippen molar-refractivity contribution in [1.82, 2.24) is 10.6 Å². The van der Waals surface area contributed by atoms with Gasteiger partial charge in [0.1, 0.15) is 5.75 Å². The molecule has 0 bridgehead atoms. The fraction of sp³-hybridized carbons (Fsp3) is 0.524. The number of esters is 1. The van der Waals surface area contributed by atoms with Gasteiger partial charge in [0.15, 0.2) is 0 Å². The van der Waals surface area contributed by atoms with Gasteiger partial charge in [-0.15, -0.1) is 0 Å². The van der Waals surface area contributed by atoms with Crippen molar-refractivity contribution in [2.24, 2.45) is 5.92 Å². The van der Waals surface area contributed by atoms with E-state index in [1.54, 1.807) is 6.92 Å². The molecule has 1 aromatic rings. The maximum atomic E-state index is 12.7. The van der Waals surface area contributed by atoms with Gasteiger partial charge in [-0.2, -0.15) is 0 Å². The van der Waals surface area contributed by atoms with Crippen molar-refractivity contribution in [1.29, 1.82) is 0 Å². The first-order valence-corrected chi connectivity index (χ1v) is 9.69. The summed E-state index contributed by atoms with van der Waals surface area (Å²) in [6.07, 6.45) is 3.17. The third-order valence-electron chi connectivity index (χ3n) is 4.41. The molecule has 1 unspecified atom stereocenters. The lowest BCUT2D eigenvalue weighted by Crippen LogP contribution is -2.47. The van der Waals surface area contributed by atoms with Crippen molar-refractivity contribution < 1.29 is 19.1 Å². The topological polar surface area (TPSA) is 76.7 Å². The molecule has 6 heteroatoms. The molecular formula is C21H30N2O4. The molecule has 6 nitrogen and oxygen atoms in total. The predicted molar refractivity (Wildman–Crippen MR) is 104 cm³/mol. The highest BCUT2D eigenvalue weighted by atomic mass is 16.5. The molecule has 1 atom stereocenters. The van der Waals surface area contributed by atoms with E-state index in [4.69, 9.17) is 9.47 Å². The third kappa shape index (κ3) is 5.25. The van der Waals surface area contributed by atoms with Crippen molar-refractivity contribution in [2.45, 2.75) is 53.0 Å². The van der Waals surface area contributed by atoms with Gasteiger partial charge in [0, 0.05) is 11.3 Å². The molecular weight excluding hydrogens is 344 g/mol. The van der Waals surface area contributed by atoms with Crippen molar-refractivity contribution in [3.8, 4) is 5.75 Å². The molecule has 1 heterocycles. The Bertz CT molecular complexity index is 697. The number of benzene rings is 1. The van der Waals surface area contributed by atoms with Gasteiger partial charge >= 0.3 is 12.0 Å². The average molecular weight is 374 g/mol. The monoisotopic (exact) mass is 374 g/mol. The average Bonchev–Trinajstić information content (AvgIpc) is 2.65. The van der Waals surface area contributed by atoms with Crippen LogP contribution in [0.15, 0.2) is 35.5 Å². The number of carbonyl (C=O) groups excluding carboxylic acids is 2. The molecule has 0 saturated heterocycles. The molecule has 0 radical (unpaired) electrons. The number of urea groups is 1. The van der Waals surface area contributed by atoms with Gasteiger partial charge < -0.3 is 20.1 Å². The van der Waals surface area contributed by atoms with E-state index in [1.807, 2.05) is 38.1 Å². The van der Waals surface area contributed by atoms with E-state index in [-0.39, 0.29) is 18.6 Å². The van der Waals surface area contributed by atoms with Gasteiger partial charge in [-0.3, -0.25) is 0 Å². The van der Waals surface area contributed by atoms with Crippen molar-refractivity contribution in [3.05, 3.63) is 41.1 Å². The molecule has 0 saturated carbocycles. The zero-order valence-corrected chi connectivity index (χ0v) is 16.6. The first kappa shape index (κ1) is 20.8. The highest BCUT2D eigenvalue weighted by Crippen LogP contribution is 2.35. The second kappa shape index (κ2) is 10.00. The molecule has 1 aromatic carbocycles. The van der Waals surface area contributed by atoms with Crippen LogP contribution in [0, 0.1) is 5.92 Å². The summed E-state index contributed by atoms with van der Waals surface area (Å²) in [7, 11) is 0. The number of nitrogens with one attached hydrogen (secondary N) is 2. The summed E-state index contributed by atoms with van der Waals surface area (Å²) in [5.41, 5.74) is 1.77. The molecule has 0 aromatic heterocycles. The number of rotatable bonds is 9. The summed E-state index contributed by atoms with van der Waals surface area (Å²) in [4.78, 5) is 25.0. The van der Waals surface area contributed by atoms with Crippen LogP contribution in [0.25, 0.3) is 0 Å². The van der Waals surface area contributed by atoms with E-state index in [0.717, 1.165) is 24.8 Å². The normalized spacial score (nSPS) is 16.8. The maximum Gasteiger partial charge on any atom is 0.338 e. The van der Waals surface area contributed by atoms with Crippen LogP contribution >= 0.6 is 0 Å². The van der Waals surface area contributed by atoms with E-state index >= 15 is 0 Å². The maximum absolute atomic E-state index is 12.7. The van der Waals surface area contributed by atoms with Crippen LogP contribution in [0.3, 0.4) is 0 Å². The van der Waals surface area contributed by atoms with Crippen LogP contribution in [-0.2, 0) is 9.53 Å². The fourth-order valence-electron chi connectivity index (χ4n) is 3.09. The lowest BCUT2D eigenvalue weighted by Gasteiger charge is -2.31. The second-order valence-electron chi connectivity index (χ2n) is 6.83. The molecule has 1 aliphatic heterocycles. The zero-order chi connectivity index (χ0) is 19.8. The number of ether oxygens (including phenoxy) is 2. The molecule has 0 aliphatic carbocycles. The Morgan fingerprint density at radius 1 is 1.19 bits per heavy atom. The van der Waals surface area contributed by atoms with Crippen molar-refractivity contribution >= 4 is 12.0 Å². The van der Waals surface area contributed by atoms with E-state index in [1.165, 1.54) is 0 Å². The number of hydrogen-bond donors (Lipinski definition) is 2. The summed E-state index contributed by atoms with van der Waals surface area (Å²) < 4.78 is 11.2. The number of hydrogen-bond acceptors (Lipinski definition) is 4. The Morgan fingerprint density at radius 2 is 1.93 bits per heavy atom. The largest absolute Gasteiger partial charge is 0.493 e. The van der Waals surface area contributed by atoms with Crippen molar-refractivity contribution in [2.75, 3.05) is 13.2 Å². The molecule has 2 amide bonds. The van der Waals surface area contributed by atoms with Crippen LogP contribution in [0.2, 0.25) is 0 Å². The highest BCUT2D eigenvalue weighted by Gasteiger charge is 2.36. The Hall–Kier alpha value is -2.50. The second-order valence-corrected chi connectivity index (χ2v) is 6.83. The SMILES string of the molecule is CCCCCOc1ccccc1C1NC(=O)NC(C(C)C)=C1C(=O)OCC. The lowest BCUT2D eigenvalue weighted by molar-refractivity contribution is -0.139.